The molecule has 0 aliphatic carbocycles. The number of benzene rings is 1. The highest BCUT2D eigenvalue weighted by Crippen LogP contribution is 2.13. The second-order valence-corrected chi connectivity index (χ2v) is 7.59. The number of hydrogen-bond donors (Lipinski definition) is 1. The molecule has 0 bridgehead atoms. The molecule has 0 aliphatic rings. The predicted octanol–water partition coefficient (Wildman–Crippen LogP) is 2.01. The van der Waals surface area contributed by atoms with Gasteiger partial charge < -0.3 is 0 Å². The molecule has 7 nitrogen and oxygen atoms in total. The first kappa shape index (κ1) is 16.5. The fraction of sp³-hybridized carbons (Fsp3) is 0.133. The summed E-state index contributed by atoms with van der Waals surface area (Å²) in [7, 11) is -3.68. The Morgan fingerprint density at radius 2 is 2.00 bits per heavy atom. The fourth-order valence-corrected chi connectivity index (χ4v) is 3.64. The van der Waals surface area contributed by atoms with Gasteiger partial charge in [-0.15, -0.1) is 5.10 Å². The van der Waals surface area contributed by atoms with Crippen LogP contribution in [0.2, 0.25) is 0 Å². The minimum absolute atomic E-state index is 0.0287. The van der Waals surface area contributed by atoms with Gasteiger partial charge in [-0.3, -0.25) is 4.79 Å². The Labute approximate surface area is 143 Å². The van der Waals surface area contributed by atoms with Gasteiger partial charge in [0, 0.05) is 10.9 Å². The zero-order chi connectivity index (χ0) is 17.2. The van der Waals surface area contributed by atoms with Gasteiger partial charge in [0.15, 0.2) is 5.78 Å². The van der Waals surface area contributed by atoms with Crippen LogP contribution in [0.15, 0.2) is 52.2 Å². The lowest BCUT2D eigenvalue weighted by Crippen LogP contribution is -2.23. The summed E-state index contributed by atoms with van der Waals surface area (Å²) >= 11 is 1.54. The van der Waals surface area contributed by atoms with Crippen LogP contribution in [0, 0.1) is 0 Å². The molecule has 0 unspecified atom stereocenters. The molecular formula is C15H14N4O3S2. The van der Waals surface area contributed by atoms with Crippen molar-refractivity contribution in [3.05, 3.63) is 58.5 Å². The molecule has 124 valence electrons. The minimum Gasteiger partial charge on any atom is -0.295 e. The van der Waals surface area contributed by atoms with E-state index in [0.29, 0.717) is 11.3 Å². The van der Waals surface area contributed by atoms with E-state index >= 15 is 0 Å². The quantitative estimate of drug-likeness (QED) is 0.677. The zero-order valence-electron chi connectivity index (χ0n) is 12.7. The standard InChI is InChI=1S/C15H14N4O3S2/c1-11(20)12-2-4-15(5-3-12)24(21,22)16-8-13-9-19(18-17-13)14-6-7-23-10-14/h2-7,9-10,16H,8H2,1H3. The number of thiophene rings is 1. The number of Topliss-reactive ketones (excluding diaryl/α,β-unsaturated/α-hetero) is 1. The average Bonchev–Trinajstić information content (AvgIpc) is 3.24. The summed E-state index contributed by atoms with van der Waals surface area (Å²) in [6, 6.07) is 7.68. The zero-order valence-corrected chi connectivity index (χ0v) is 14.3. The summed E-state index contributed by atoms with van der Waals surface area (Å²) in [5.74, 6) is -0.114. The highest BCUT2D eigenvalue weighted by Gasteiger charge is 2.15. The molecule has 9 heteroatoms. The number of aromatic nitrogens is 3. The molecule has 0 aliphatic heterocycles. The van der Waals surface area contributed by atoms with Crippen molar-refractivity contribution in [3.63, 3.8) is 0 Å². The van der Waals surface area contributed by atoms with E-state index in [2.05, 4.69) is 15.0 Å². The molecule has 3 rings (SSSR count). The second-order valence-electron chi connectivity index (χ2n) is 5.04. The summed E-state index contributed by atoms with van der Waals surface area (Å²) in [6.07, 6.45) is 1.67. The van der Waals surface area contributed by atoms with Crippen LogP contribution in [-0.4, -0.2) is 29.2 Å². The smallest absolute Gasteiger partial charge is 0.240 e. The van der Waals surface area contributed by atoms with Crippen LogP contribution in [0.4, 0.5) is 0 Å². The Morgan fingerprint density at radius 1 is 1.25 bits per heavy atom. The van der Waals surface area contributed by atoms with Gasteiger partial charge in [0.2, 0.25) is 10.0 Å². The second kappa shape index (κ2) is 6.63. The van der Waals surface area contributed by atoms with Crippen molar-refractivity contribution in [1.82, 2.24) is 19.7 Å². The van der Waals surface area contributed by atoms with Gasteiger partial charge in [0.1, 0.15) is 0 Å². The lowest BCUT2D eigenvalue weighted by molar-refractivity contribution is 0.101. The highest BCUT2D eigenvalue weighted by molar-refractivity contribution is 7.89. The van der Waals surface area contributed by atoms with Crippen LogP contribution in [0.1, 0.15) is 23.0 Å². The van der Waals surface area contributed by atoms with Crippen molar-refractivity contribution in [3.8, 4) is 5.69 Å². The Bertz CT molecular complexity index is 945. The lowest BCUT2D eigenvalue weighted by atomic mass is 10.2. The van der Waals surface area contributed by atoms with Crippen LogP contribution in [0.3, 0.4) is 0 Å². The Balaban J connectivity index is 1.70. The molecule has 0 amide bonds. The SMILES string of the molecule is CC(=O)c1ccc(S(=O)(=O)NCc2cn(-c3ccsc3)nn2)cc1. The molecule has 24 heavy (non-hydrogen) atoms. The molecule has 0 atom stereocenters. The summed E-state index contributed by atoms with van der Waals surface area (Å²) in [4.78, 5) is 11.3. The summed E-state index contributed by atoms with van der Waals surface area (Å²) in [5, 5.41) is 11.8. The Morgan fingerprint density at radius 3 is 2.62 bits per heavy atom. The van der Waals surface area contributed by atoms with Gasteiger partial charge in [0.25, 0.3) is 0 Å². The number of carbonyl (C=O) groups is 1. The van der Waals surface area contributed by atoms with Gasteiger partial charge in [-0.05, 0) is 30.5 Å². The maximum Gasteiger partial charge on any atom is 0.240 e. The third kappa shape index (κ3) is 3.58. The van der Waals surface area contributed by atoms with Crippen LogP contribution in [0.5, 0.6) is 0 Å². The largest absolute Gasteiger partial charge is 0.295 e. The van der Waals surface area contributed by atoms with E-state index in [9.17, 15) is 13.2 Å². The number of hydrogen-bond acceptors (Lipinski definition) is 6. The lowest BCUT2D eigenvalue weighted by Gasteiger charge is -2.05. The number of rotatable bonds is 6. The number of nitrogens with one attached hydrogen (secondary N) is 1. The van der Waals surface area contributed by atoms with E-state index < -0.39 is 10.0 Å². The van der Waals surface area contributed by atoms with Crippen molar-refractivity contribution < 1.29 is 13.2 Å². The van der Waals surface area contributed by atoms with Gasteiger partial charge in [-0.2, -0.15) is 11.3 Å². The third-order valence-electron chi connectivity index (χ3n) is 3.33. The normalized spacial score (nSPS) is 11.5. The maximum absolute atomic E-state index is 12.3. The number of ketones is 1. The van der Waals surface area contributed by atoms with Crippen LogP contribution in [0.25, 0.3) is 5.69 Å². The molecule has 0 saturated heterocycles. The minimum atomic E-state index is -3.68. The third-order valence-corrected chi connectivity index (χ3v) is 5.41. The first-order valence-corrected chi connectivity index (χ1v) is 9.43. The summed E-state index contributed by atoms with van der Waals surface area (Å²) < 4.78 is 28.6. The summed E-state index contributed by atoms with van der Waals surface area (Å²) in [5.41, 5.74) is 1.85. The highest BCUT2D eigenvalue weighted by atomic mass is 32.2. The van der Waals surface area contributed by atoms with Crippen molar-refractivity contribution in [2.75, 3.05) is 0 Å². The van der Waals surface area contributed by atoms with Crippen LogP contribution >= 0.6 is 11.3 Å². The van der Waals surface area contributed by atoms with E-state index in [1.807, 2.05) is 16.8 Å². The predicted molar refractivity (Wildman–Crippen MR) is 89.7 cm³/mol. The Kier molecular flexibility index (Phi) is 4.56. The molecule has 0 saturated carbocycles. The van der Waals surface area contributed by atoms with Gasteiger partial charge >= 0.3 is 0 Å². The fourth-order valence-electron chi connectivity index (χ4n) is 2.01. The van der Waals surface area contributed by atoms with Crippen molar-refractivity contribution in [1.29, 1.82) is 0 Å². The number of sulfonamides is 1. The molecule has 1 N–H and O–H groups in total. The molecule has 1 aromatic carbocycles. The molecule has 2 aromatic heterocycles. The first-order valence-electron chi connectivity index (χ1n) is 7.00. The van der Waals surface area contributed by atoms with E-state index in [4.69, 9.17) is 0 Å². The Hall–Kier alpha value is -2.36. The van der Waals surface area contributed by atoms with Crippen molar-refractivity contribution >= 4 is 27.1 Å². The monoisotopic (exact) mass is 362 g/mol. The average molecular weight is 362 g/mol. The van der Waals surface area contributed by atoms with Crippen LogP contribution in [-0.2, 0) is 16.6 Å². The van der Waals surface area contributed by atoms with Gasteiger partial charge in [0.05, 0.1) is 29.0 Å². The molecule has 3 aromatic rings. The van der Waals surface area contributed by atoms with Gasteiger partial charge in [-0.1, -0.05) is 17.3 Å². The summed E-state index contributed by atoms with van der Waals surface area (Å²) in [6.45, 7) is 1.46. The van der Waals surface area contributed by atoms with Gasteiger partial charge in [-0.25, -0.2) is 17.8 Å². The number of carbonyl (C=O) groups excluding carboxylic acids is 1. The molecule has 2 heterocycles. The maximum atomic E-state index is 12.3. The topological polar surface area (TPSA) is 94.0 Å². The van der Waals surface area contributed by atoms with E-state index in [0.717, 1.165) is 5.69 Å². The molecule has 0 radical (unpaired) electrons. The molecule has 0 fully saturated rings. The number of nitrogens with zero attached hydrogens (tertiary/aromatic N) is 3. The first-order chi connectivity index (χ1) is 11.5. The van der Waals surface area contributed by atoms with Crippen LogP contribution < -0.4 is 4.72 Å². The van der Waals surface area contributed by atoms with E-state index in [1.54, 1.807) is 10.9 Å². The van der Waals surface area contributed by atoms with E-state index in [1.165, 1.54) is 42.5 Å². The van der Waals surface area contributed by atoms with Crippen molar-refractivity contribution in [2.24, 2.45) is 0 Å². The molecular weight excluding hydrogens is 348 g/mol. The molecule has 0 spiro atoms. The van der Waals surface area contributed by atoms with E-state index in [-0.39, 0.29) is 17.2 Å². The van der Waals surface area contributed by atoms with Crippen molar-refractivity contribution in [2.45, 2.75) is 18.4 Å².